The van der Waals surface area contributed by atoms with Crippen molar-refractivity contribution in [3.05, 3.63) is 23.8 Å². The van der Waals surface area contributed by atoms with Gasteiger partial charge in [0, 0.05) is 32.3 Å². The van der Waals surface area contributed by atoms with Crippen LogP contribution in [0, 0.1) is 5.92 Å². The zero-order chi connectivity index (χ0) is 15.8. The minimum Gasteiger partial charge on any atom is -0.497 e. The number of rotatable bonds is 8. The van der Waals surface area contributed by atoms with Crippen LogP contribution in [0.25, 0.3) is 0 Å². The molecule has 0 saturated heterocycles. The number of hydrogen-bond donors (Lipinski definition) is 1. The van der Waals surface area contributed by atoms with Crippen molar-refractivity contribution >= 4 is 5.91 Å². The molecule has 5 nitrogen and oxygen atoms in total. The maximum Gasteiger partial charge on any atom is 0.259 e. The highest BCUT2D eigenvalue weighted by molar-refractivity contribution is 5.77. The molecule has 0 unspecified atom stereocenters. The van der Waals surface area contributed by atoms with E-state index in [2.05, 4.69) is 19.2 Å². The molecule has 0 atom stereocenters. The minimum absolute atomic E-state index is 0.0251. The van der Waals surface area contributed by atoms with E-state index in [1.54, 1.807) is 21.2 Å². The molecular formula is C16H26N2O3. The van der Waals surface area contributed by atoms with Gasteiger partial charge < -0.3 is 19.7 Å². The summed E-state index contributed by atoms with van der Waals surface area (Å²) in [5, 5.41) is 3.37. The molecule has 5 heteroatoms. The predicted molar refractivity (Wildman–Crippen MR) is 83.7 cm³/mol. The summed E-state index contributed by atoms with van der Waals surface area (Å²) in [5.41, 5.74) is 1.02. The van der Waals surface area contributed by atoms with Gasteiger partial charge in [-0.2, -0.15) is 0 Å². The molecule has 0 radical (unpaired) electrons. The third-order valence-corrected chi connectivity index (χ3v) is 2.99. The van der Waals surface area contributed by atoms with Crippen molar-refractivity contribution in [1.29, 1.82) is 0 Å². The second-order valence-corrected chi connectivity index (χ2v) is 5.58. The Labute approximate surface area is 127 Å². The van der Waals surface area contributed by atoms with E-state index in [0.29, 0.717) is 18.2 Å². The standard InChI is InChI=1S/C16H26N2O3/c1-12(2)9-17-10-13-6-7-14(20-5)8-15(13)21-11-16(19)18(3)4/h6-8,12,17H,9-11H2,1-5H3. The van der Waals surface area contributed by atoms with Crippen molar-refractivity contribution < 1.29 is 14.3 Å². The number of carbonyl (C=O) groups is 1. The van der Waals surface area contributed by atoms with Gasteiger partial charge in [-0.25, -0.2) is 0 Å². The summed E-state index contributed by atoms with van der Waals surface area (Å²) in [6, 6.07) is 5.67. The number of ether oxygens (including phenoxy) is 2. The van der Waals surface area contributed by atoms with Gasteiger partial charge in [-0.05, 0) is 18.5 Å². The summed E-state index contributed by atoms with van der Waals surface area (Å²) >= 11 is 0. The van der Waals surface area contributed by atoms with Gasteiger partial charge in [-0.3, -0.25) is 4.79 Å². The fourth-order valence-electron chi connectivity index (χ4n) is 1.71. The molecular weight excluding hydrogens is 268 g/mol. The Kier molecular flexibility index (Phi) is 7.02. The number of nitrogens with zero attached hydrogens (tertiary/aromatic N) is 1. The molecule has 0 aromatic heterocycles. The van der Waals surface area contributed by atoms with Crippen molar-refractivity contribution in [1.82, 2.24) is 10.2 Å². The lowest BCUT2D eigenvalue weighted by Gasteiger charge is -2.16. The van der Waals surface area contributed by atoms with Gasteiger partial charge >= 0.3 is 0 Å². The van der Waals surface area contributed by atoms with Crippen LogP contribution in [0.3, 0.4) is 0 Å². The van der Waals surface area contributed by atoms with Gasteiger partial charge in [0.2, 0.25) is 0 Å². The van der Waals surface area contributed by atoms with Crippen LogP contribution in [0.15, 0.2) is 18.2 Å². The van der Waals surface area contributed by atoms with Crippen LogP contribution in [0.2, 0.25) is 0 Å². The smallest absolute Gasteiger partial charge is 0.259 e. The van der Waals surface area contributed by atoms with Crippen molar-refractivity contribution in [2.75, 3.05) is 34.4 Å². The fourth-order valence-corrected chi connectivity index (χ4v) is 1.71. The van der Waals surface area contributed by atoms with Crippen LogP contribution >= 0.6 is 0 Å². The van der Waals surface area contributed by atoms with Gasteiger partial charge in [0.1, 0.15) is 11.5 Å². The third kappa shape index (κ3) is 6.04. The molecule has 1 N–H and O–H groups in total. The molecule has 0 spiro atoms. The highest BCUT2D eigenvalue weighted by Gasteiger charge is 2.10. The molecule has 0 aliphatic carbocycles. The number of likely N-dealkylation sites (N-methyl/N-ethyl adjacent to an activating group) is 1. The highest BCUT2D eigenvalue weighted by atomic mass is 16.5. The van der Waals surface area contributed by atoms with Gasteiger partial charge in [0.15, 0.2) is 6.61 Å². The number of carbonyl (C=O) groups excluding carboxylic acids is 1. The number of amides is 1. The van der Waals surface area contributed by atoms with Crippen LogP contribution in [-0.4, -0.2) is 45.2 Å². The summed E-state index contributed by atoms with van der Waals surface area (Å²) in [6.45, 7) is 5.98. The summed E-state index contributed by atoms with van der Waals surface area (Å²) in [5.74, 6) is 1.91. The lowest BCUT2D eigenvalue weighted by Crippen LogP contribution is -2.28. The molecule has 0 aliphatic heterocycles. The molecule has 0 bridgehead atoms. The molecule has 21 heavy (non-hydrogen) atoms. The highest BCUT2D eigenvalue weighted by Crippen LogP contribution is 2.25. The Bertz CT molecular complexity index is 459. The van der Waals surface area contributed by atoms with E-state index in [-0.39, 0.29) is 12.5 Å². The Balaban J connectivity index is 2.74. The Morgan fingerprint density at radius 3 is 2.62 bits per heavy atom. The molecule has 0 aliphatic rings. The quantitative estimate of drug-likeness (QED) is 0.796. The SMILES string of the molecule is COc1ccc(CNCC(C)C)c(OCC(=O)N(C)C)c1. The average Bonchev–Trinajstić information content (AvgIpc) is 2.45. The molecule has 1 rings (SSSR count). The zero-order valence-electron chi connectivity index (χ0n) is 13.6. The van der Waals surface area contributed by atoms with Crippen molar-refractivity contribution in [3.63, 3.8) is 0 Å². The fraction of sp³-hybridized carbons (Fsp3) is 0.562. The number of methoxy groups -OCH3 is 1. The van der Waals surface area contributed by atoms with Crippen molar-refractivity contribution in [3.8, 4) is 11.5 Å². The minimum atomic E-state index is -0.0705. The van der Waals surface area contributed by atoms with Gasteiger partial charge in [-0.1, -0.05) is 19.9 Å². The number of nitrogens with one attached hydrogen (secondary N) is 1. The predicted octanol–water partition coefficient (Wildman–Crippen LogP) is 1.91. The summed E-state index contributed by atoms with van der Waals surface area (Å²) in [4.78, 5) is 13.2. The van der Waals surface area contributed by atoms with Gasteiger partial charge in [-0.15, -0.1) is 0 Å². The van der Waals surface area contributed by atoms with E-state index in [0.717, 1.165) is 17.9 Å². The molecule has 1 amide bonds. The first-order chi connectivity index (χ1) is 9.93. The van der Waals surface area contributed by atoms with Gasteiger partial charge in [0.05, 0.1) is 7.11 Å². The molecule has 0 heterocycles. The lowest BCUT2D eigenvalue weighted by atomic mass is 10.1. The van der Waals surface area contributed by atoms with Crippen LogP contribution in [0.5, 0.6) is 11.5 Å². The van der Waals surface area contributed by atoms with Crippen LogP contribution in [-0.2, 0) is 11.3 Å². The molecule has 118 valence electrons. The van der Waals surface area contributed by atoms with E-state index in [1.807, 2.05) is 18.2 Å². The topological polar surface area (TPSA) is 50.8 Å². The second-order valence-electron chi connectivity index (χ2n) is 5.58. The van der Waals surface area contributed by atoms with E-state index < -0.39 is 0 Å². The van der Waals surface area contributed by atoms with E-state index >= 15 is 0 Å². The maximum absolute atomic E-state index is 11.6. The maximum atomic E-state index is 11.6. The molecule has 0 fully saturated rings. The Morgan fingerprint density at radius 2 is 2.05 bits per heavy atom. The lowest BCUT2D eigenvalue weighted by molar-refractivity contribution is -0.130. The third-order valence-electron chi connectivity index (χ3n) is 2.99. The second kappa shape index (κ2) is 8.52. The summed E-state index contributed by atoms with van der Waals surface area (Å²) < 4.78 is 10.9. The summed E-state index contributed by atoms with van der Waals surface area (Å²) in [6.07, 6.45) is 0. The first-order valence-corrected chi connectivity index (χ1v) is 7.14. The van der Waals surface area contributed by atoms with E-state index in [9.17, 15) is 4.79 Å². The first-order valence-electron chi connectivity index (χ1n) is 7.14. The van der Waals surface area contributed by atoms with E-state index in [4.69, 9.17) is 9.47 Å². The normalized spacial score (nSPS) is 10.6. The average molecular weight is 294 g/mol. The number of benzene rings is 1. The Hall–Kier alpha value is -1.75. The van der Waals surface area contributed by atoms with E-state index in [1.165, 1.54) is 4.90 Å². The molecule has 1 aromatic rings. The molecule has 0 saturated carbocycles. The summed E-state index contributed by atoms with van der Waals surface area (Å²) in [7, 11) is 5.03. The van der Waals surface area contributed by atoms with Crippen LogP contribution in [0.1, 0.15) is 19.4 Å². The zero-order valence-corrected chi connectivity index (χ0v) is 13.6. The van der Waals surface area contributed by atoms with Crippen LogP contribution in [0.4, 0.5) is 0 Å². The first kappa shape index (κ1) is 17.3. The van der Waals surface area contributed by atoms with Crippen molar-refractivity contribution in [2.45, 2.75) is 20.4 Å². The van der Waals surface area contributed by atoms with Crippen LogP contribution < -0.4 is 14.8 Å². The number of hydrogen-bond acceptors (Lipinski definition) is 4. The Morgan fingerprint density at radius 1 is 1.33 bits per heavy atom. The molecule has 1 aromatic carbocycles. The van der Waals surface area contributed by atoms with Gasteiger partial charge in [0.25, 0.3) is 5.91 Å². The van der Waals surface area contributed by atoms with Crippen molar-refractivity contribution in [2.24, 2.45) is 5.92 Å². The monoisotopic (exact) mass is 294 g/mol. The largest absolute Gasteiger partial charge is 0.497 e.